The number of anilines is 1. The first-order chi connectivity index (χ1) is 6.24. The number of fused-ring (bicyclic) bond motifs is 1. The van der Waals surface area contributed by atoms with Crippen molar-refractivity contribution in [1.82, 2.24) is 0 Å². The van der Waals surface area contributed by atoms with Crippen molar-refractivity contribution in [3.63, 3.8) is 0 Å². The van der Waals surface area contributed by atoms with Crippen LogP contribution < -0.4 is 5.73 Å². The molecule has 1 heterocycles. The molecule has 0 fully saturated rings. The molecule has 0 bridgehead atoms. The zero-order valence-electron chi connectivity index (χ0n) is 6.58. The van der Waals surface area contributed by atoms with Gasteiger partial charge in [-0.25, -0.2) is 0 Å². The minimum atomic E-state index is 0.675. The van der Waals surface area contributed by atoms with Crippen molar-refractivity contribution in [2.24, 2.45) is 0 Å². The van der Waals surface area contributed by atoms with Gasteiger partial charge in [-0.15, -0.1) is 11.3 Å². The van der Waals surface area contributed by atoms with Crippen molar-refractivity contribution in [3.8, 4) is 0 Å². The van der Waals surface area contributed by atoms with Crippen LogP contribution in [0, 0.1) is 3.57 Å². The van der Waals surface area contributed by atoms with Gasteiger partial charge in [0.25, 0.3) is 0 Å². The predicted molar refractivity (Wildman–Crippen MR) is 64.3 cm³/mol. The number of carbonyl (C=O) groups excluding carboxylic acids is 1. The predicted octanol–water partition coefficient (Wildman–Crippen LogP) is 2.90. The molecule has 0 aliphatic carbocycles. The van der Waals surface area contributed by atoms with Crippen LogP contribution in [0.15, 0.2) is 17.5 Å². The van der Waals surface area contributed by atoms with Crippen LogP contribution in [0.25, 0.3) is 10.1 Å². The van der Waals surface area contributed by atoms with Crippen LogP contribution in [-0.2, 0) is 0 Å². The van der Waals surface area contributed by atoms with E-state index in [1.807, 2.05) is 11.4 Å². The lowest BCUT2D eigenvalue weighted by atomic mass is 10.1. The third-order valence-corrected chi connectivity index (χ3v) is 4.16. The number of rotatable bonds is 1. The van der Waals surface area contributed by atoms with E-state index in [9.17, 15) is 4.79 Å². The summed E-state index contributed by atoms with van der Waals surface area (Å²) in [6.45, 7) is 0. The first kappa shape index (κ1) is 8.96. The molecule has 0 radical (unpaired) electrons. The highest BCUT2D eigenvalue weighted by Gasteiger charge is 2.08. The van der Waals surface area contributed by atoms with Crippen molar-refractivity contribution in [2.45, 2.75) is 0 Å². The third-order valence-electron chi connectivity index (χ3n) is 1.86. The highest BCUT2D eigenvalue weighted by Crippen LogP contribution is 2.33. The largest absolute Gasteiger partial charge is 0.398 e. The van der Waals surface area contributed by atoms with Crippen molar-refractivity contribution < 1.29 is 4.79 Å². The molecule has 0 saturated heterocycles. The maximum absolute atomic E-state index is 10.7. The summed E-state index contributed by atoms with van der Waals surface area (Å²) in [6, 6.07) is 3.74. The molecule has 66 valence electrons. The monoisotopic (exact) mass is 303 g/mol. The summed E-state index contributed by atoms with van der Waals surface area (Å²) in [6.07, 6.45) is 0.849. The van der Waals surface area contributed by atoms with Gasteiger partial charge in [-0.3, -0.25) is 4.79 Å². The van der Waals surface area contributed by atoms with Crippen molar-refractivity contribution in [1.29, 1.82) is 0 Å². The molecule has 0 aliphatic heterocycles. The molecule has 2 N–H and O–H groups in total. The van der Waals surface area contributed by atoms with E-state index in [1.165, 1.54) is 0 Å². The third kappa shape index (κ3) is 1.34. The van der Waals surface area contributed by atoms with Gasteiger partial charge in [0.05, 0.1) is 10.4 Å². The first-order valence-corrected chi connectivity index (χ1v) is 5.60. The smallest absolute Gasteiger partial charge is 0.150 e. The van der Waals surface area contributed by atoms with Crippen LogP contribution in [0.3, 0.4) is 0 Å². The number of nitrogen functional groups attached to an aromatic ring is 1. The second kappa shape index (κ2) is 3.26. The minimum Gasteiger partial charge on any atom is -0.398 e. The van der Waals surface area contributed by atoms with E-state index < -0.39 is 0 Å². The lowest BCUT2D eigenvalue weighted by Gasteiger charge is -1.98. The van der Waals surface area contributed by atoms with Crippen LogP contribution in [0.4, 0.5) is 5.69 Å². The molecule has 1 aromatic carbocycles. The molecule has 2 aromatic rings. The number of carbonyl (C=O) groups is 1. The van der Waals surface area contributed by atoms with Gasteiger partial charge >= 0.3 is 0 Å². The maximum Gasteiger partial charge on any atom is 0.150 e. The summed E-state index contributed by atoms with van der Waals surface area (Å²) in [4.78, 5) is 10.7. The molecule has 13 heavy (non-hydrogen) atoms. The van der Waals surface area contributed by atoms with E-state index in [1.54, 1.807) is 17.4 Å². The van der Waals surface area contributed by atoms with E-state index in [-0.39, 0.29) is 0 Å². The standard InChI is InChI=1S/C9H6INOS/c10-6-2-1-5(3-12)8-7(11)4-13-9(6)8/h1-4H,11H2. The number of hydrogen-bond acceptors (Lipinski definition) is 3. The van der Waals surface area contributed by atoms with Crippen LogP contribution in [0.1, 0.15) is 10.4 Å². The normalized spacial score (nSPS) is 10.5. The highest BCUT2D eigenvalue weighted by molar-refractivity contribution is 14.1. The highest BCUT2D eigenvalue weighted by atomic mass is 127. The molecule has 0 amide bonds. The van der Waals surface area contributed by atoms with Crippen LogP contribution in [-0.4, -0.2) is 6.29 Å². The first-order valence-electron chi connectivity index (χ1n) is 3.64. The number of thiophene rings is 1. The molecule has 0 unspecified atom stereocenters. The van der Waals surface area contributed by atoms with E-state index >= 15 is 0 Å². The molecule has 2 rings (SSSR count). The van der Waals surface area contributed by atoms with E-state index in [2.05, 4.69) is 22.6 Å². The molecule has 1 aromatic heterocycles. The van der Waals surface area contributed by atoms with Crippen molar-refractivity contribution >= 4 is 56.0 Å². The van der Waals surface area contributed by atoms with Gasteiger partial charge in [0.2, 0.25) is 0 Å². The number of halogens is 1. The fraction of sp³-hybridized carbons (Fsp3) is 0. The van der Waals surface area contributed by atoms with Crippen LogP contribution >= 0.6 is 33.9 Å². The summed E-state index contributed by atoms with van der Waals surface area (Å²) >= 11 is 3.82. The molecular weight excluding hydrogens is 297 g/mol. The van der Waals surface area contributed by atoms with E-state index in [0.29, 0.717) is 11.3 Å². The maximum atomic E-state index is 10.7. The van der Waals surface area contributed by atoms with Gasteiger partial charge in [0.1, 0.15) is 0 Å². The van der Waals surface area contributed by atoms with E-state index in [4.69, 9.17) is 5.73 Å². The van der Waals surface area contributed by atoms with Gasteiger partial charge in [0.15, 0.2) is 6.29 Å². The molecule has 2 nitrogen and oxygen atoms in total. The summed E-state index contributed by atoms with van der Waals surface area (Å²) in [5, 5.41) is 2.77. The number of hydrogen-bond donors (Lipinski definition) is 1. The van der Waals surface area contributed by atoms with Crippen molar-refractivity contribution in [3.05, 3.63) is 26.6 Å². The van der Waals surface area contributed by atoms with Crippen molar-refractivity contribution in [2.75, 3.05) is 5.73 Å². The molecule has 0 aliphatic rings. The van der Waals surface area contributed by atoms with Gasteiger partial charge in [-0.1, -0.05) is 0 Å². The lowest BCUT2D eigenvalue weighted by molar-refractivity contribution is 0.112. The second-order valence-electron chi connectivity index (χ2n) is 2.65. The Morgan fingerprint density at radius 1 is 1.46 bits per heavy atom. The van der Waals surface area contributed by atoms with Gasteiger partial charge in [-0.05, 0) is 34.7 Å². The number of benzene rings is 1. The van der Waals surface area contributed by atoms with Crippen LogP contribution in [0.5, 0.6) is 0 Å². The van der Waals surface area contributed by atoms with Gasteiger partial charge in [0, 0.05) is 19.9 Å². The Morgan fingerprint density at radius 2 is 2.23 bits per heavy atom. The zero-order chi connectivity index (χ0) is 9.42. The summed E-state index contributed by atoms with van der Waals surface area (Å²) in [5.41, 5.74) is 7.14. The molecular formula is C9H6INOS. The fourth-order valence-corrected chi connectivity index (χ4v) is 2.99. The second-order valence-corrected chi connectivity index (χ2v) is 4.69. The lowest BCUT2D eigenvalue weighted by Crippen LogP contribution is -1.87. The quantitative estimate of drug-likeness (QED) is 0.650. The number of aldehydes is 1. The Balaban J connectivity index is 2.96. The summed E-state index contributed by atoms with van der Waals surface area (Å²) in [7, 11) is 0. The Bertz CT molecular complexity index is 478. The zero-order valence-corrected chi connectivity index (χ0v) is 9.56. The van der Waals surface area contributed by atoms with E-state index in [0.717, 1.165) is 19.9 Å². The van der Waals surface area contributed by atoms with Gasteiger partial charge < -0.3 is 5.73 Å². The topological polar surface area (TPSA) is 43.1 Å². The average molecular weight is 303 g/mol. The molecule has 0 atom stereocenters. The summed E-state index contributed by atoms with van der Waals surface area (Å²) in [5.74, 6) is 0. The van der Waals surface area contributed by atoms with Crippen LogP contribution in [0.2, 0.25) is 0 Å². The fourth-order valence-electron chi connectivity index (χ4n) is 1.26. The SMILES string of the molecule is Nc1csc2c(I)ccc(C=O)c12. The number of nitrogens with two attached hydrogens (primary N) is 1. The minimum absolute atomic E-state index is 0.675. The Morgan fingerprint density at radius 3 is 2.92 bits per heavy atom. The molecule has 4 heteroatoms. The average Bonchev–Trinajstić information content (AvgIpc) is 2.51. The Hall–Kier alpha value is -0.620. The molecule has 0 saturated carbocycles. The Labute approximate surface area is 92.9 Å². The van der Waals surface area contributed by atoms with Gasteiger partial charge in [-0.2, -0.15) is 0 Å². The molecule has 0 spiro atoms. The summed E-state index contributed by atoms with van der Waals surface area (Å²) < 4.78 is 2.24. The Kier molecular flexibility index (Phi) is 2.25.